The third-order valence-electron chi connectivity index (χ3n) is 5.71. The van der Waals surface area contributed by atoms with E-state index in [0.717, 1.165) is 5.56 Å². The molecule has 0 spiro atoms. The van der Waals surface area contributed by atoms with Gasteiger partial charge in [0.2, 0.25) is 11.8 Å². The lowest BCUT2D eigenvalue weighted by atomic mass is 10.0. The summed E-state index contributed by atoms with van der Waals surface area (Å²) < 4.78 is 1.46. The van der Waals surface area contributed by atoms with Crippen molar-refractivity contribution in [3.63, 3.8) is 0 Å². The number of carbonyl (C=O) groups is 2. The second kappa shape index (κ2) is 11.2. The van der Waals surface area contributed by atoms with Gasteiger partial charge in [0.05, 0.1) is 16.2 Å². The summed E-state index contributed by atoms with van der Waals surface area (Å²) >= 11 is 12.4. The zero-order valence-electron chi connectivity index (χ0n) is 19.7. The van der Waals surface area contributed by atoms with E-state index in [9.17, 15) is 9.59 Å². The Kier molecular flexibility index (Phi) is 7.43. The highest BCUT2D eigenvalue weighted by atomic mass is 35.5. The quantitative estimate of drug-likeness (QED) is 0.250. The zero-order valence-corrected chi connectivity index (χ0v) is 21.2. The van der Waals surface area contributed by atoms with Crippen LogP contribution in [0.1, 0.15) is 11.1 Å². The van der Waals surface area contributed by atoms with E-state index in [2.05, 4.69) is 36.4 Å². The van der Waals surface area contributed by atoms with Crippen LogP contribution < -0.4 is 10.6 Å². The van der Waals surface area contributed by atoms with Crippen molar-refractivity contribution < 1.29 is 9.59 Å². The van der Waals surface area contributed by atoms with E-state index in [-0.39, 0.29) is 6.42 Å². The number of carbonyl (C=O) groups excluding carboxylic acids is 2. The highest BCUT2D eigenvalue weighted by Crippen LogP contribution is 2.26. The van der Waals surface area contributed by atoms with E-state index >= 15 is 0 Å². The maximum absolute atomic E-state index is 13.3. The summed E-state index contributed by atoms with van der Waals surface area (Å²) in [7, 11) is 0. The highest BCUT2D eigenvalue weighted by Gasteiger charge is 2.22. The van der Waals surface area contributed by atoms with Crippen molar-refractivity contribution in [2.24, 2.45) is 0 Å². The van der Waals surface area contributed by atoms with E-state index < -0.39 is 17.9 Å². The molecule has 2 amide bonds. The molecule has 190 valence electrons. The lowest BCUT2D eigenvalue weighted by Crippen LogP contribution is -2.44. The first-order chi connectivity index (χ1) is 18.5. The van der Waals surface area contributed by atoms with Gasteiger partial charge in [-0.2, -0.15) is 9.78 Å². The van der Waals surface area contributed by atoms with Gasteiger partial charge >= 0.3 is 0 Å². The smallest absolute Gasteiger partial charge is 0.248 e. The SMILES string of the molecule is O=C(/C=C/c1cc(Cl)ccc1-n1cnnn1)NC(Cc1ccccc1)C(=O)Nc1n[nH]c2c(Cl)cccc12. The first kappa shape index (κ1) is 25.1. The number of aromatic amines is 1. The number of nitrogens with zero attached hydrogens (tertiary/aromatic N) is 5. The molecule has 10 nitrogen and oxygen atoms in total. The van der Waals surface area contributed by atoms with E-state index in [1.807, 2.05) is 30.3 Å². The molecule has 2 heterocycles. The van der Waals surface area contributed by atoms with Gasteiger partial charge in [-0.25, -0.2) is 0 Å². The van der Waals surface area contributed by atoms with Crippen LogP contribution in [-0.2, 0) is 16.0 Å². The molecule has 0 aliphatic heterocycles. The normalized spacial score (nSPS) is 12.1. The molecule has 0 radical (unpaired) electrons. The molecule has 3 aromatic carbocycles. The minimum Gasteiger partial charge on any atom is -0.340 e. The summed E-state index contributed by atoms with van der Waals surface area (Å²) in [5, 5.41) is 25.4. The lowest BCUT2D eigenvalue weighted by molar-refractivity contribution is -0.123. The van der Waals surface area contributed by atoms with Gasteiger partial charge in [-0.1, -0.05) is 59.6 Å². The Morgan fingerprint density at radius 1 is 1.05 bits per heavy atom. The molecule has 0 saturated carbocycles. The molecular weight excluding hydrogens is 527 g/mol. The number of benzene rings is 3. The molecular formula is C26H20Cl2N8O2. The maximum atomic E-state index is 13.3. The minimum absolute atomic E-state index is 0.266. The molecule has 0 aliphatic carbocycles. The molecule has 0 fully saturated rings. The number of hydrogen-bond donors (Lipinski definition) is 3. The number of halogens is 2. The van der Waals surface area contributed by atoms with Crippen molar-refractivity contribution in [3.8, 4) is 5.69 Å². The Hall–Kier alpha value is -4.54. The highest BCUT2D eigenvalue weighted by molar-refractivity contribution is 6.35. The number of para-hydroxylation sites is 1. The molecule has 2 aromatic heterocycles. The van der Waals surface area contributed by atoms with Crippen LogP contribution in [0, 0.1) is 0 Å². The summed E-state index contributed by atoms with van der Waals surface area (Å²) in [4.78, 5) is 26.3. The van der Waals surface area contributed by atoms with E-state index in [1.54, 1.807) is 42.5 Å². The Morgan fingerprint density at radius 3 is 2.68 bits per heavy atom. The summed E-state index contributed by atoms with van der Waals surface area (Å²) in [5.41, 5.74) is 2.73. The number of aromatic nitrogens is 6. The standard InChI is InChI=1S/C26H20Cl2N8O2/c27-18-10-11-22(36-15-29-34-35-36)17(14-18)9-12-23(37)30-21(13-16-5-2-1-3-6-16)26(38)31-25-19-7-4-8-20(28)24(19)32-33-25/h1-12,14-15,21H,13H2,(H,30,37)(H2,31,32,33,38)/b12-9+. The Labute approximate surface area is 226 Å². The number of fused-ring (bicyclic) bond motifs is 1. The zero-order chi connectivity index (χ0) is 26.5. The number of tetrazole rings is 1. The molecule has 0 aliphatic rings. The van der Waals surface area contributed by atoms with Gasteiger partial charge in [-0.3, -0.25) is 14.7 Å². The van der Waals surface area contributed by atoms with Gasteiger partial charge in [0.1, 0.15) is 12.4 Å². The monoisotopic (exact) mass is 546 g/mol. The number of rotatable bonds is 8. The van der Waals surface area contributed by atoms with Crippen LogP contribution in [0.2, 0.25) is 10.0 Å². The summed E-state index contributed by atoms with van der Waals surface area (Å²) in [5.74, 6) is -0.583. The Bertz CT molecular complexity index is 1620. The molecule has 0 bridgehead atoms. The van der Waals surface area contributed by atoms with E-state index in [1.165, 1.54) is 17.1 Å². The fourth-order valence-corrected chi connectivity index (χ4v) is 4.29. The summed E-state index contributed by atoms with van der Waals surface area (Å²) in [6.07, 6.45) is 4.61. The van der Waals surface area contributed by atoms with Crippen LogP contribution in [-0.4, -0.2) is 48.3 Å². The van der Waals surface area contributed by atoms with Gasteiger partial charge in [0.15, 0.2) is 5.82 Å². The van der Waals surface area contributed by atoms with E-state index in [4.69, 9.17) is 23.2 Å². The van der Waals surface area contributed by atoms with Crippen molar-refractivity contribution in [1.82, 2.24) is 35.7 Å². The topological polar surface area (TPSA) is 130 Å². The molecule has 12 heteroatoms. The fourth-order valence-electron chi connectivity index (χ4n) is 3.89. The Morgan fingerprint density at radius 2 is 1.89 bits per heavy atom. The first-order valence-electron chi connectivity index (χ1n) is 11.5. The number of hydrogen-bond acceptors (Lipinski definition) is 6. The molecule has 1 unspecified atom stereocenters. The van der Waals surface area contributed by atoms with Crippen molar-refractivity contribution in [2.45, 2.75) is 12.5 Å². The van der Waals surface area contributed by atoms with Gasteiger partial charge in [0.25, 0.3) is 0 Å². The largest absolute Gasteiger partial charge is 0.340 e. The van der Waals surface area contributed by atoms with Crippen LogP contribution in [0.3, 0.4) is 0 Å². The second-order valence-corrected chi connectivity index (χ2v) is 9.11. The van der Waals surface area contributed by atoms with Gasteiger partial charge in [0, 0.05) is 28.5 Å². The average molecular weight is 547 g/mol. The lowest BCUT2D eigenvalue weighted by Gasteiger charge is -2.17. The third-order valence-corrected chi connectivity index (χ3v) is 6.26. The van der Waals surface area contributed by atoms with Crippen LogP contribution >= 0.6 is 23.2 Å². The van der Waals surface area contributed by atoms with Crippen molar-refractivity contribution in [2.75, 3.05) is 5.32 Å². The summed E-state index contributed by atoms with van der Waals surface area (Å²) in [6.45, 7) is 0. The van der Waals surface area contributed by atoms with Gasteiger partial charge in [-0.15, -0.1) is 5.10 Å². The van der Waals surface area contributed by atoms with Gasteiger partial charge < -0.3 is 10.6 Å². The van der Waals surface area contributed by atoms with Crippen LogP contribution in [0.25, 0.3) is 22.7 Å². The van der Waals surface area contributed by atoms with E-state index in [0.29, 0.717) is 38.0 Å². The minimum atomic E-state index is -0.890. The number of amides is 2. The van der Waals surface area contributed by atoms with Crippen molar-refractivity contribution in [1.29, 1.82) is 0 Å². The second-order valence-electron chi connectivity index (χ2n) is 8.27. The van der Waals surface area contributed by atoms with Crippen molar-refractivity contribution >= 4 is 57.8 Å². The van der Waals surface area contributed by atoms with Gasteiger partial charge in [-0.05, 0) is 52.4 Å². The molecule has 5 aromatic rings. The predicted molar refractivity (Wildman–Crippen MR) is 145 cm³/mol. The van der Waals surface area contributed by atoms with Crippen molar-refractivity contribution in [3.05, 3.63) is 100 Å². The molecule has 3 N–H and O–H groups in total. The fraction of sp³-hybridized carbons (Fsp3) is 0.0769. The number of H-pyrrole nitrogens is 1. The summed E-state index contributed by atoms with van der Waals surface area (Å²) in [6, 6.07) is 18.9. The van der Waals surface area contributed by atoms with Crippen LogP contribution in [0.15, 0.2) is 79.1 Å². The number of nitrogens with one attached hydrogen (secondary N) is 3. The van der Waals surface area contributed by atoms with Crippen LogP contribution in [0.5, 0.6) is 0 Å². The predicted octanol–water partition coefficient (Wildman–Crippen LogP) is 4.22. The maximum Gasteiger partial charge on any atom is 0.248 e. The third kappa shape index (κ3) is 5.72. The molecule has 0 saturated heterocycles. The average Bonchev–Trinajstić information content (AvgIpc) is 3.59. The number of anilines is 1. The van der Waals surface area contributed by atoms with Crippen LogP contribution in [0.4, 0.5) is 5.82 Å². The molecule has 1 atom stereocenters. The molecule has 5 rings (SSSR count). The first-order valence-corrected chi connectivity index (χ1v) is 12.2. The molecule has 38 heavy (non-hydrogen) atoms. The Balaban J connectivity index is 1.37.